The zero-order chi connectivity index (χ0) is 11.6. The van der Waals surface area contributed by atoms with E-state index in [9.17, 15) is 8.78 Å². The zero-order valence-corrected chi connectivity index (χ0v) is 11.1. The monoisotopic (exact) mass is 310 g/mol. The van der Waals surface area contributed by atoms with Gasteiger partial charge < -0.3 is 5.32 Å². The van der Waals surface area contributed by atoms with Crippen molar-refractivity contribution in [2.45, 2.75) is 5.92 Å². The van der Waals surface area contributed by atoms with Gasteiger partial charge in [0.25, 0.3) is 5.92 Å². The molecule has 1 N–H and O–H groups in total. The van der Waals surface area contributed by atoms with Gasteiger partial charge in [0, 0.05) is 36.0 Å². The molecule has 1 fully saturated rings. The summed E-state index contributed by atoms with van der Waals surface area (Å²) in [6, 6.07) is 1.51. The van der Waals surface area contributed by atoms with Crippen LogP contribution >= 0.6 is 27.3 Å². The van der Waals surface area contributed by atoms with Crippen molar-refractivity contribution in [2.24, 2.45) is 0 Å². The molecule has 1 aromatic rings. The first-order chi connectivity index (χ1) is 7.58. The van der Waals surface area contributed by atoms with Crippen molar-refractivity contribution in [2.75, 3.05) is 32.7 Å². The van der Waals surface area contributed by atoms with E-state index in [1.54, 1.807) is 5.38 Å². The van der Waals surface area contributed by atoms with E-state index in [2.05, 4.69) is 21.2 Å². The van der Waals surface area contributed by atoms with Crippen molar-refractivity contribution in [3.63, 3.8) is 0 Å². The third-order valence-electron chi connectivity index (χ3n) is 2.56. The molecule has 0 atom stereocenters. The molecule has 6 heteroatoms. The van der Waals surface area contributed by atoms with Gasteiger partial charge in [-0.3, -0.25) is 4.90 Å². The van der Waals surface area contributed by atoms with Gasteiger partial charge in [0.1, 0.15) is 0 Å². The lowest BCUT2D eigenvalue weighted by atomic mass is 10.2. The summed E-state index contributed by atoms with van der Waals surface area (Å²) in [5.74, 6) is -2.74. The number of thiophene rings is 1. The zero-order valence-electron chi connectivity index (χ0n) is 8.68. The second kappa shape index (κ2) is 5.08. The van der Waals surface area contributed by atoms with Crippen LogP contribution in [0.5, 0.6) is 0 Å². The van der Waals surface area contributed by atoms with E-state index in [1.165, 1.54) is 6.07 Å². The van der Waals surface area contributed by atoms with Gasteiger partial charge in [-0.1, -0.05) is 0 Å². The third kappa shape index (κ3) is 3.00. The Morgan fingerprint density at radius 2 is 2.12 bits per heavy atom. The molecule has 0 spiro atoms. The van der Waals surface area contributed by atoms with Crippen LogP contribution in [0.15, 0.2) is 15.9 Å². The molecule has 1 aliphatic heterocycles. The number of nitrogens with one attached hydrogen (secondary N) is 1. The van der Waals surface area contributed by atoms with Crippen molar-refractivity contribution >= 4 is 27.3 Å². The highest BCUT2D eigenvalue weighted by molar-refractivity contribution is 9.10. The average molecular weight is 311 g/mol. The summed E-state index contributed by atoms with van der Waals surface area (Å²) < 4.78 is 28.5. The Morgan fingerprint density at radius 1 is 1.44 bits per heavy atom. The summed E-state index contributed by atoms with van der Waals surface area (Å²) in [6.45, 7) is 2.81. The standard InChI is InChI=1S/C10H13BrF2N2S/c11-8-5-9(16-6-8)10(12,13)7-15-3-1-14-2-4-15/h5-6,14H,1-4,7H2. The molecule has 2 rings (SSSR count). The van der Waals surface area contributed by atoms with Crippen LogP contribution in [0.1, 0.15) is 4.88 Å². The molecule has 0 aliphatic carbocycles. The molecule has 0 aromatic carbocycles. The normalized spacial score (nSPS) is 18.9. The molecule has 1 aliphatic rings. The van der Waals surface area contributed by atoms with Gasteiger partial charge in [-0.2, -0.15) is 8.78 Å². The summed E-state index contributed by atoms with van der Waals surface area (Å²) in [6.07, 6.45) is 0. The van der Waals surface area contributed by atoms with E-state index < -0.39 is 5.92 Å². The van der Waals surface area contributed by atoms with Gasteiger partial charge >= 0.3 is 0 Å². The fourth-order valence-electron chi connectivity index (χ4n) is 1.73. The maximum atomic E-state index is 13.9. The predicted molar refractivity (Wildman–Crippen MR) is 65.2 cm³/mol. The first kappa shape index (κ1) is 12.4. The van der Waals surface area contributed by atoms with Crippen LogP contribution in [0.25, 0.3) is 0 Å². The second-order valence-corrected chi connectivity index (χ2v) is 5.69. The van der Waals surface area contributed by atoms with E-state index in [-0.39, 0.29) is 11.4 Å². The van der Waals surface area contributed by atoms with Gasteiger partial charge in [0.15, 0.2) is 0 Å². The maximum Gasteiger partial charge on any atom is 0.294 e. The fourth-order valence-corrected chi connectivity index (χ4v) is 3.13. The topological polar surface area (TPSA) is 15.3 Å². The Bertz CT molecular complexity index is 350. The highest BCUT2D eigenvalue weighted by Gasteiger charge is 2.35. The molecule has 0 amide bonds. The number of rotatable bonds is 3. The van der Waals surface area contributed by atoms with Crippen LogP contribution in [-0.2, 0) is 5.92 Å². The van der Waals surface area contributed by atoms with Gasteiger partial charge in [-0.25, -0.2) is 0 Å². The molecule has 2 heterocycles. The Kier molecular flexibility index (Phi) is 3.94. The summed E-state index contributed by atoms with van der Waals surface area (Å²) in [4.78, 5) is 1.95. The van der Waals surface area contributed by atoms with Crippen LogP contribution in [0.2, 0.25) is 0 Å². The number of halogens is 3. The molecule has 0 radical (unpaired) electrons. The molecule has 0 unspecified atom stereocenters. The number of piperazine rings is 1. The summed E-state index contributed by atoms with van der Waals surface area (Å²) in [5.41, 5.74) is 0. The lowest BCUT2D eigenvalue weighted by Gasteiger charge is -2.30. The Morgan fingerprint density at radius 3 is 2.69 bits per heavy atom. The first-order valence-corrected chi connectivity index (χ1v) is 6.80. The van der Waals surface area contributed by atoms with Crippen molar-refractivity contribution in [3.05, 3.63) is 20.8 Å². The highest BCUT2D eigenvalue weighted by atomic mass is 79.9. The van der Waals surface area contributed by atoms with Crippen LogP contribution in [0, 0.1) is 0 Å². The summed E-state index contributed by atoms with van der Waals surface area (Å²) in [7, 11) is 0. The van der Waals surface area contributed by atoms with Crippen LogP contribution < -0.4 is 5.32 Å². The van der Waals surface area contributed by atoms with Crippen molar-refractivity contribution in [1.82, 2.24) is 10.2 Å². The van der Waals surface area contributed by atoms with Gasteiger partial charge in [0.05, 0.1) is 11.4 Å². The predicted octanol–water partition coefficient (Wildman–Crippen LogP) is 2.51. The third-order valence-corrected chi connectivity index (χ3v) is 4.36. The van der Waals surface area contributed by atoms with Crippen LogP contribution in [-0.4, -0.2) is 37.6 Å². The largest absolute Gasteiger partial charge is 0.314 e. The molecule has 0 bridgehead atoms. The molecule has 90 valence electrons. The van der Waals surface area contributed by atoms with Gasteiger partial charge in [-0.05, 0) is 22.0 Å². The van der Waals surface area contributed by atoms with Crippen molar-refractivity contribution in [3.8, 4) is 0 Å². The number of nitrogens with zero attached hydrogens (tertiary/aromatic N) is 1. The Hall–Kier alpha value is -0.0400. The fraction of sp³-hybridized carbons (Fsp3) is 0.600. The van der Waals surface area contributed by atoms with Gasteiger partial charge in [-0.15, -0.1) is 11.3 Å². The lowest BCUT2D eigenvalue weighted by Crippen LogP contribution is -2.47. The molecular formula is C10H13BrF2N2S. The number of hydrogen-bond acceptors (Lipinski definition) is 3. The quantitative estimate of drug-likeness (QED) is 0.923. The first-order valence-electron chi connectivity index (χ1n) is 5.13. The second-order valence-electron chi connectivity index (χ2n) is 3.86. The van der Waals surface area contributed by atoms with E-state index in [0.717, 1.165) is 28.9 Å². The van der Waals surface area contributed by atoms with Gasteiger partial charge in [0.2, 0.25) is 0 Å². The van der Waals surface area contributed by atoms with Crippen LogP contribution in [0.3, 0.4) is 0 Å². The van der Waals surface area contributed by atoms with E-state index in [0.29, 0.717) is 13.1 Å². The molecule has 1 saturated heterocycles. The Balaban J connectivity index is 2.01. The SMILES string of the molecule is FC(F)(CN1CCNCC1)c1cc(Br)cs1. The smallest absolute Gasteiger partial charge is 0.294 e. The molecule has 16 heavy (non-hydrogen) atoms. The van der Waals surface area contributed by atoms with E-state index >= 15 is 0 Å². The minimum atomic E-state index is -2.74. The lowest BCUT2D eigenvalue weighted by molar-refractivity contribution is -0.0368. The summed E-state index contributed by atoms with van der Waals surface area (Å²) in [5, 5.41) is 4.85. The minimum Gasteiger partial charge on any atom is -0.314 e. The molecule has 1 aromatic heterocycles. The molecule has 0 saturated carbocycles. The highest BCUT2D eigenvalue weighted by Crippen LogP contribution is 2.35. The van der Waals surface area contributed by atoms with Crippen molar-refractivity contribution in [1.29, 1.82) is 0 Å². The molecule has 2 nitrogen and oxygen atoms in total. The van der Waals surface area contributed by atoms with Crippen LogP contribution in [0.4, 0.5) is 8.78 Å². The number of alkyl halides is 2. The Labute approximate surface area is 106 Å². The van der Waals surface area contributed by atoms with Crippen molar-refractivity contribution < 1.29 is 8.78 Å². The summed E-state index contributed by atoms with van der Waals surface area (Å²) >= 11 is 4.31. The van der Waals surface area contributed by atoms with E-state index in [4.69, 9.17) is 0 Å². The average Bonchev–Trinajstić information content (AvgIpc) is 2.66. The molecular weight excluding hydrogens is 298 g/mol. The minimum absolute atomic E-state index is 0.137. The maximum absolute atomic E-state index is 13.9. The van der Waals surface area contributed by atoms with E-state index in [1.807, 2.05) is 4.90 Å². The number of hydrogen-bond donors (Lipinski definition) is 1.